The van der Waals surface area contributed by atoms with Crippen molar-refractivity contribution >= 4 is 27.7 Å². The minimum Gasteiger partial charge on any atom is -0.468 e. The van der Waals surface area contributed by atoms with Crippen molar-refractivity contribution in [2.45, 2.75) is 10.6 Å². The highest BCUT2D eigenvalue weighted by Crippen LogP contribution is 2.27. The van der Waals surface area contributed by atoms with Gasteiger partial charge in [-0.1, -0.05) is 0 Å². The van der Waals surface area contributed by atoms with E-state index >= 15 is 0 Å². The SMILES string of the molecule is N#Cc1ccc(SCc2ccco2)cc1Br. The first-order chi connectivity index (χ1) is 7.79. The highest BCUT2D eigenvalue weighted by Gasteiger charge is 2.02. The topological polar surface area (TPSA) is 36.9 Å². The van der Waals surface area contributed by atoms with Crippen LogP contribution in [-0.4, -0.2) is 0 Å². The summed E-state index contributed by atoms with van der Waals surface area (Å²) in [5.41, 5.74) is 0.655. The Balaban J connectivity index is 2.06. The van der Waals surface area contributed by atoms with E-state index in [0.717, 1.165) is 20.9 Å². The lowest BCUT2D eigenvalue weighted by atomic mass is 10.2. The lowest BCUT2D eigenvalue weighted by Crippen LogP contribution is -1.80. The minimum atomic E-state index is 0.655. The van der Waals surface area contributed by atoms with Gasteiger partial charge in [0.05, 0.1) is 17.6 Å². The Morgan fingerprint density at radius 2 is 2.25 bits per heavy atom. The molecule has 4 heteroatoms. The van der Waals surface area contributed by atoms with Crippen molar-refractivity contribution < 1.29 is 4.42 Å². The van der Waals surface area contributed by atoms with E-state index in [9.17, 15) is 0 Å². The van der Waals surface area contributed by atoms with E-state index in [1.807, 2.05) is 30.3 Å². The first-order valence-electron chi connectivity index (χ1n) is 4.64. The molecule has 0 N–H and O–H groups in total. The molecule has 0 aliphatic rings. The van der Waals surface area contributed by atoms with Gasteiger partial charge in [-0.2, -0.15) is 5.26 Å². The molecular weight excluding hydrogens is 286 g/mol. The molecule has 0 unspecified atom stereocenters. The Morgan fingerprint density at radius 3 is 2.88 bits per heavy atom. The predicted molar refractivity (Wildman–Crippen MR) is 67.1 cm³/mol. The van der Waals surface area contributed by atoms with E-state index in [4.69, 9.17) is 9.68 Å². The molecule has 0 spiro atoms. The van der Waals surface area contributed by atoms with Gasteiger partial charge >= 0.3 is 0 Å². The molecule has 0 radical (unpaired) electrons. The summed E-state index contributed by atoms with van der Waals surface area (Å²) in [7, 11) is 0. The minimum absolute atomic E-state index is 0.655. The number of furan rings is 1. The first kappa shape index (κ1) is 11.3. The molecule has 0 bridgehead atoms. The summed E-state index contributed by atoms with van der Waals surface area (Å²) in [4.78, 5) is 1.11. The number of hydrogen-bond acceptors (Lipinski definition) is 3. The van der Waals surface area contributed by atoms with Crippen LogP contribution in [0.25, 0.3) is 0 Å². The lowest BCUT2D eigenvalue weighted by molar-refractivity contribution is 0.530. The fourth-order valence-corrected chi connectivity index (χ4v) is 2.68. The van der Waals surface area contributed by atoms with Gasteiger partial charge in [0, 0.05) is 9.37 Å². The van der Waals surface area contributed by atoms with Crippen LogP contribution in [-0.2, 0) is 5.75 Å². The van der Waals surface area contributed by atoms with Gasteiger partial charge in [-0.3, -0.25) is 0 Å². The largest absolute Gasteiger partial charge is 0.468 e. The van der Waals surface area contributed by atoms with E-state index in [1.54, 1.807) is 18.0 Å². The molecule has 2 aromatic rings. The summed E-state index contributed by atoms with van der Waals surface area (Å²) < 4.78 is 6.08. The third-order valence-electron chi connectivity index (χ3n) is 2.02. The molecule has 0 aliphatic heterocycles. The predicted octanol–water partition coefficient (Wildman–Crippen LogP) is 4.21. The van der Waals surface area contributed by atoms with Crippen molar-refractivity contribution in [2.75, 3.05) is 0 Å². The average molecular weight is 294 g/mol. The van der Waals surface area contributed by atoms with Gasteiger partial charge < -0.3 is 4.42 Å². The van der Waals surface area contributed by atoms with Crippen molar-refractivity contribution in [1.29, 1.82) is 5.26 Å². The van der Waals surface area contributed by atoms with Gasteiger partial charge in [0.15, 0.2) is 0 Å². The third kappa shape index (κ3) is 2.69. The van der Waals surface area contributed by atoms with Gasteiger partial charge in [-0.05, 0) is 46.3 Å². The number of rotatable bonds is 3. The maximum absolute atomic E-state index is 8.79. The van der Waals surface area contributed by atoms with Crippen LogP contribution in [0.1, 0.15) is 11.3 Å². The molecule has 16 heavy (non-hydrogen) atoms. The highest BCUT2D eigenvalue weighted by molar-refractivity contribution is 9.10. The van der Waals surface area contributed by atoms with Gasteiger partial charge in [0.1, 0.15) is 11.8 Å². The third-order valence-corrected chi connectivity index (χ3v) is 3.69. The molecule has 80 valence electrons. The summed E-state index contributed by atoms with van der Waals surface area (Å²) in [6.45, 7) is 0. The Kier molecular flexibility index (Phi) is 3.70. The lowest BCUT2D eigenvalue weighted by Gasteiger charge is -2.01. The number of thioether (sulfide) groups is 1. The Bertz CT molecular complexity index is 516. The van der Waals surface area contributed by atoms with Crippen molar-refractivity contribution in [3.63, 3.8) is 0 Å². The van der Waals surface area contributed by atoms with Crippen LogP contribution < -0.4 is 0 Å². The molecule has 1 aromatic heterocycles. The second kappa shape index (κ2) is 5.24. The van der Waals surface area contributed by atoms with E-state index in [1.165, 1.54) is 0 Å². The van der Waals surface area contributed by atoms with E-state index in [2.05, 4.69) is 22.0 Å². The highest BCUT2D eigenvalue weighted by atomic mass is 79.9. The first-order valence-corrected chi connectivity index (χ1v) is 6.42. The number of nitrogens with zero attached hydrogens (tertiary/aromatic N) is 1. The Hall–Kier alpha value is -1.18. The Labute approximate surface area is 106 Å². The molecule has 0 aliphatic carbocycles. The summed E-state index contributed by atoms with van der Waals surface area (Å²) >= 11 is 5.05. The zero-order valence-corrected chi connectivity index (χ0v) is 10.7. The zero-order chi connectivity index (χ0) is 11.4. The fraction of sp³-hybridized carbons (Fsp3) is 0.0833. The van der Waals surface area contributed by atoms with Crippen molar-refractivity contribution in [3.05, 3.63) is 52.4 Å². The standard InChI is InChI=1S/C12H8BrNOS/c13-12-6-11(4-3-9(12)7-14)16-8-10-2-1-5-15-10/h1-6H,8H2. The number of halogens is 1. The second-order valence-corrected chi connectivity index (χ2v) is 5.02. The molecule has 0 saturated heterocycles. The fourth-order valence-electron chi connectivity index (χ4n) is 1.23. The summed E-state index contributed by atoms with van der Waals surface area (Å²) in [6, 6.07) is 11.7. The van der Waals surface area contributed by atoms with Crippen LogP contribution in [0.5, 0.6) is 0 Å². The molecule has 1 aromatic carbocycles. The van der Waals surface area contributed by atoms with Crippen LogP contribution >= 0.6 is 27.7 Å². The molecule has 2 rings (SSSR count). The van der Waals surface area contributed by atoms with E-state index < -0.39 is 0 Å². The molecular formula is C12H8BrNOS. The molecule has 0 amide bonds. The maximum Gasteiger partial charge on any atom is 0.113 e. The van der Waals surface area contributed by atoms with Gasteiger partial charge in [-0.25, -0.2) is 0 Å². The molecule has 2 nitrogen and oxygen atoms in total. The zero-order valence-electron chi connectivity index (χ0n) is 8.31. The maximum atomic E-state index is 8.79. The number of nitriles is 1. The number of benzene rings is 1. The second-order valence-electron chi connectivity index (χ2n) is 3.12. The van der Waals surface area contributed by atoms with E-state index in [0.29, 0.717) is 5.56 Å². The van der Waals surface area contributed by atoms with Crippen LogP contribution in [0.3, 0.4) is 0 Å². The van der Waals surface area contributed by atoms with Crippen LogP contribution in [0.4, 0.5) is 0 Å². The summed E-state index contributed by atoms with van der Waals surface area (Å²) in [6.07, 6.45) is 1.67. The monoisotopic (exact) mass is 293 g/mol. The molecule has 0 atom stereocenters. The number of hydrogen-bond donors (Lipinski definition) is 0. The van der Waals surface area contributed by atoms with Gasteiger partial charge in [-0.15, -0.1) is 11.8 Å². The normalized spacial score (nSPS) is 10.0. The molecule has 0 fully saturated rings. The van der Waals surface area contributed by atoms with Crippen molar-refractivity contribution in [3.8, 4) is 6.07 Å². The molecule has 1 heterocycles. The average Bonchev–Trinajstić information content (AvgIpc) is 2.79. The van der Waals surface area contributed by atoms with Crippen LogP contribution in [0, 0.1) is 11.3 Å². The summed E-state index contributed by atoms with van der Waals surface area (Å²) in [5.74, 6) is 1.75. The smallest absolute Gasteiger partial charge is 0.113 e. The van der Waals surface area contributed by atoms with E-state index in [-0.39, 0.29) is 0 Å². The Morgan fingerprint density at radius 1 is 1.38 bits per heavy atom. The molecule has 0 saturated carbocycles. The van der Waals surface area contributed by atoms with Crippen molar-refractivity contribution in [1.82, 2.24) is 0 Å². The van der Waals surface area contributed by atoms with Crippen LogP contribution in [0.2, 0.25) is 0 Å². The van der Waals surface area contributed by atoms with Crippen LogP contribution in [0.15, 0.2) is 50.4 Å². The summed E-state index contributed by atoms with van der Waals surface area (Å²) in [5, 5.41) is 8.79. The van der Waals surface area contributed by atoms with Gasteiger partial charge in [0.25, 0.3) is 0 Å². The van der Waals surface area contributed by atoms with Gasteiger partial charge in [0.2, 0.25) is 0 Å². The van der Waals surface area contributed by atoms with Crippen molar-refractivity contribution in [2.24, 2.45) is 0 Å². The quantitative estimate of drug-likeness (QED) is 0.796.